The molecule has 2 aromatic carbocycles. The van der Waals surface area contributed by atoms with Crippen LogP contribution in [-0.2, 0) is 20.9 Å². The monoisotopic (exact) mass is 382 g/mol. The molecule has 1 aliphatic rings. The zero-order chi connectivity index (χ0) is 20.3. The number of anilines is 1. The Bertz CT molecular complexity index is 967. The molecule has 0 spiro atoms. The van der Waals surface area contributed by atoms with Crippen molar-refractivity contribution in [1.82, 2.24) is 0 Å². The Morgan fingerprint density at radius 1 is 1.32 bits per heavy atom. The van der Waals surface area contributed by atoms with Crippen molar-refractivity contribution in [3.05, 3.63) is 58.9 Å². The van der Waals surface area contributed by atoms with Gasteiger partial charge in [0.25, 0.3) is 0 Å². The van der Waals surface area contributed by atoms with Crippen LogP contribution in [0.3, 0.4) is 0 Å². The van der Waals surface area contributed by atoms with Gasteiger partial charge in [0.05, 0.1) is 30.3 Å². The van der Waals surface area contributed by atoms with Crippen LogP contribution in [0.5, 0.6) is 5.75 Å². The molecular formula is C21H19FN2O4. The van der Waals surface area contributed by atoms with Gasteiger partial charge in [0.1, 0.15) is 18.2 Å². The Hall–Kier alpha value is -3.40. The smallest absolute Gasteiger partial charge is 0.311 e. The first-order valence-electron chi connectivity index (χ1n) is 8.73. The van der Waals surface area contributed by atoms with Gasteiger partial charge in [-0.25, -0.2) is 4.39 Å². The molecule has 0 N–H and O–H groups in total. The van der Waals surface area contributed by atoms with Crippen molar-refractivity contribution in [3.63, 3.8) is 0 Å². The standard InChI is InChI=1S/C21H19FN2O4/c1-13-3-6-19(27-2)18(7-13)24-11-15(9-20(24)25)21(26)28-12-16-8-14(10-23)4-5-17(16)22/h3-8,15H,9,11-12H2,1-2H3. The molecule has 144 valence electrons. The van der Waals surface area contributed by atoms with E-state index >= 15 is 0 Å². The molecule has 3 rings (SSSR count). The number of nitriles is 1. The number of amides is 1. The van der Waals surface area contributed by atoms with Gasteiger partial charge in [-0.2, -0.15) is 5.26 Å². The van der Waals surface area contributed by atoms with Crippen LogP contribution in [0.15, 0.2) is 36.4 Å². The van der Waals surface area contributed by atoms with Gasteiger partial charge in [-0.1, -0.05) is 6.07 Å². The van der Waals surface area contributed by atoms with E-state index in [-0.39, 0.29) is 36.6 Å². The van der Waals surface area contributed by atoms with Crippen LogP contribution >= 0.6 is 0 Å². The topological polar surface area (TPSA) is 79.6 Å². The van der Waals surface area contributed by atoms with E-state index in [1.807, 2.05) is 25.1 Å². The summed E-state index contributed by atoms with van der Waals surface area (Å²) in [5.74, 6) is -1.45. The number of hydrogen-bond acceptors (Lipinski definition) is 5. The van der Waals surface area contributed by atoms with Crippen molar-refractivity contribution in [2.45, 2.75) is 20.0 Å². The van der Waals surface area contributed by atoms with Crippen LogP contribution in [0.2, 0.25) is 0 Å². The van der Waals surface area contributed by atoms with Gasteiger partial charge in [0, 0.05) is 18.5 Å². The van der Waals surface area contributed by atoms with Crippen molar-refractivity contribution < 1.29 is 23.5 Å². The third kappa shape index (κ3) is 3.96. The summed E-state index contributed by atoms with van der Waals surface area (Å²) in [5.41, 5.74) is 1.97. The van der Waals surface area contributed by atoms with E-state index in [1.54, 1.807) is 6.07 Å². The summed E-state index contributed by atoms with van der Waals surface area (Å²) in [6.07, 6.45) is 0.0106. The number of halogens is 1. The third-order valence-electron chi connectivity index (χ3n) is 4.63. The van der Waals surface area contributed by atoms with Crippen LogP contribution in [0.4, 0.5) is 10.1 Å². The van der Waals surface area contributed by atoms with Crippen LogP contribution in [0.25, 0.3) is 0 Å². The van der Waals surface area contributed by atoms with Gasteiger partial charge in [-0.3, -0.25) is 9.59 Å². The molecule has 1 aliphatic heterocycles. The van der Waals surface area contributed by atoms with E-state index in [4.69, 9.17) is 14.7 Å². The number of carbonyl (C=O) groups excluding carboxylic acids is 2. The maximum atomic E-state index is 13.8. The molecular weight excluding hydrogens is 363 g/mol. The number of carbonyl (C=O) groups is 2. The molecule has 1 saturated heterocycles. The lowest BCUT2D eigenvalue weighted by molar-refractivity contribution is -0.149. The van der Waals surface area contributed by atoms with E-state index in [9.17, 15) is 14.0 Å². The number of methoxy groups -OCH3 is 1. The van der Waals surface area contributed by atoms with E-state index in [2.05, 4.69) is 0 Å². The summed E-state index contributed by atoms with van der Waals surface area (Å²) in [6.45, 7) is 1.77. The van der Waals surface area contributed by atoms with Crippen LogP contribution < -0.4 is 9.64 Å². The molecule has 0 radical (unpaired) electrons. The fraction of sp³-hybridized carbons (Fsp3) is 0.286. The maximum absolute atomic E-state index is 13.8. The Morgan fingerprint density at radius 2 is 2.11 bits per heavy atom. The van der Waals surface area contributed by atoms with E-state index in [0.717, 1.165) is 11.6 Å². The van der Waals surface area contributed by atoms with Crippen molar-refractivity contribution >= 4 is 17.6 Å². The first-order chi connectivity index (χ1) is 13.4. The Morgan fingerprint density at radius 3 is 2.82 bits per heavy atom. The van der Waals surface area contributed by atoms with Crippen molar-refractivity contribution in [3.8, 4) is 11.8 Å². The molecule has 7 heteroatoms. The summed E-state index contributed by atoms with van der Waals surface area (Å²) in [7, 11) is 1.52. The predicted octanol–water partition coefficient (Wildman–Crippen LogP) is 3.11. The lowest BCUT2D eigenvalue weighted by Crippen LogP contribution is -2.27. The number of esters is 1. The van der Waals surface area contributed by atoms with E-state index in [1.165, 1.54) is 24.1 Å². The first kappa shape index (κ1) is 19.4. The zero-order valence-electron chi connectivity index (χ0n) is 15.6. The van der Waals surface area contributed by atoms with Crippen LogP contribution in [0.1, 0.15) is 23.1 Å². The highest BCUT2D eigenvalue weighted by atomic mass is 19.1. The highest BCUT2D eigenvalue weighted by Gasteiger charge is 2.37. The van der Waals surface area contributed by atoms with Gasteiger partial charge >= 0.3 is 5.97 Å². The number of benzene rings is 2. The Labute approximate surface area is 162 Å². The van der Waals surface area contributed by atoms with Crippen molar-refractivity contribution in [2.24, 2.45) is 5.92 Å². The highest BCUT2D eigenvalue weighted by Crippen LogP contribution is 2.34. The molecule has 0 saturated carbocycles. The quantitative estimate of drug-likeness (QED) is 0.743. The van der Waals surface area contributed by atoms with Gasteiger partial charge in [0.2, 0.25) is 5.91 Å². The molecule has 28 heavy (non-hydrogen) atoms. The fourth-order valence-corrected chi connectivity index (χ4v) is 3.13. The van der Waals surface area contributed by atoms with Crippen LogP contribution in [-0.4, -0.2) is 25.5 Å². The molecule has 1 heterocycles. The number of ether oxygens (including phenoxy) is 2. The van der Waals surface area contributed by atoms with E-state index < -0.39 is 17.7 Å². The van der Waals surface area contributed by atoms with Gasteiger partial charge in [0.15, 0.2) is 0 Å². The first-order valence-corrected chi connectivity index (χ1v) is 8.73. The lowest BCUT2D eigenvalue weighted by atomic mass is 10.1. The minimum atomic E-state index is -0.653. The molecule has 1 unspecified atom stereocenters. The molecule has 1 amide bonds. The normalized spacial score (nSPS) is 16.0. The second kappa shape index (κ2) is 8.09. The number of aryl methyl sites for hydroxylation is 1. The second-order valence-electron chi connectivity index (χ2n) is 6.61. The lowest BCUT2D eigenvalue weighted by Gasteiger charge is -2.20. The highest BCUT2D eigenvalue weighted by molar-refractivity contribution is 6.00. The largest absolute Gasteiger partial charge is 0.495 e. The molecule has 1 fully saturated rings. The minimum absolute atomic E-state index is 0.0106. The summed E-state index contributed by atoms with van der Waals surface area (Å²) < 4.78 is 24.3. The Balaban J connectivity index is 1.69. The molecule has 6 nitrogen and oxygen atoms in total. The summed E-state index contributed by atoms with van der Waals surface area (Å²) in [6, 6.07) is 11.2. The van der Waals surface area contributed by atoms with Crippen molar-refractivity contribution in [1.29, 1.82) is 5.26 Å². The number of hydrogen-bond donors (Lipinski definition) is 0. The molecule has 1 atom stereocenters. The summed E-state index contributed by atoms with van der Waals surface area (Å²) >= 11 is 0. The average molecular weight is 382 g/mol. The molecule has 0 bridgehead atoms. The minimum Gasteiger partial charge on any atom is -0.495 e. The molecule has 2 aromatic rings. The average Bonchev–Trinajstić information content (AvgIpc) is 3.08. The van der Waals surface area contributed by atoms with E-state index in [0.29, 0.717) is 11.4 Å². The number of nitrogens with zero attached hydrogens (tertiary/aromatic N) is 2. The van der Waals surface area contributed by atoms with Gasteiger partial charge in [-0.05, 0) is 42.8 Å². The molecule has 0 aromatic heterocycles. The summed E-state index contributed by atoms with van der Waals surface area (Å²) in [5, 5.41) is 8.90. The van der Waals surface area contributed by atoms with Gasteiger partial charge < -0.3 is 14.4 Å². The fourth-order valence-electron chi connectivity index (χ4n) is 3.13. The Kier molecular flexibility index (Phi) is 5.59. The SMILES string of the molecule is COc1ccc(C)cc1N1CC(C(=O)OCc2cc(C#N)ccc2F)CC1=O. The van der Waals surface area contributed by atoms with Gasteiger partial charge in [-0.15, -0.1) is 0 Å². The maximum Gasteiger partial charge on any atom is 0.311 e. The predicted molar refractivity (Wildman–Crippen MR) is 99.1 cm³/mol. The zero-order valence-corrected chi connectivity index (χ0v) is 15.6. The van der Waals surface area contributed by atoms with Crippen LogP contribution in [0, 0.1) is 30.0 Å². The third-order valence-corrected chi connectivity index (χ3v) is 4.63. The molecule has 0 aliphatic carbocycles. The second-order valence-corrected chi connectivity index (χ2v) is 6.61. The number of rotatable bonds is 5. The van der Waals surface area contributed by atoms with Crippen molar-refractivity contribution in [2.75, 3.05) is 18.6 Å². The summed E-state index contributed by atoms with van der Waals surface area (Å²) in [4.78, 5) is 26.4.